The fraction of sp³-hybridized carbons (Fsp3) is 0.520. The van der Waals surface area contributed by atoms with Gasteiger partial charge in [0, 0.05) is 44.4 Å². The van der Waals surface area contributed by atoms with Gasteiger partial charge >= 0.3 is 5.69 Å². The lowest BCUT2D eigenvalue weighted by Crippen LogP contribution is -2.45. The summed E-state index contributed by atoms with van der Waals surface area (Å²) in [6, 6.07) is 8.69. The van der Waals surface area contributed by atoms with Crippen LogP contribution < -0.4 is 21.5 Å². The summed E-state index contributed by atoms with van der Waals surface area (Å²) in [6.45, 7) is 9.84. The number of carbonyl (C=O) groups excluding carboxylic acids is 1. The summed E-state index contributed by atoms with van der Waals surface area (Å²) in [4.78, 5) is 47.3. The first-order chi connectivity index (χ1) is 17.0. The Morgan fingerprint density at radius 2 is 1.83 bits per heavy atom. The van der Waals surface area contributed by atoms with Gasteiger partial charge in [0.05, 0.1) is 19.7 Å². The lowest BCUT2D eigenvalue weighted by atomic mass is 10.1. The number of fused-ring (bicyclic) bond motifs is 1. The number of benzene rings is 1. The van der Waals surface area contributed by atoms with Gasteiger partial charge in [-0.15, -0.1) is 0 Å². The molecule has 1 unspecified atom stereocenters. The smallest absolute Gasteiger partial charge is 0.333 e. The molecule has 4 rings (SSSR count). The molecule has 0 amide bonds. The minimum atomic E-state index is -0.549. The van der Waals surface area contributed by atoms with Crippen LogP contribution in [-0.4, -0.2) is 63.9 Å². The average Bonchev–Trinajstić information content (AvgIpc) is 3.29. The minimum absolute atomic E-state index is 0.0197. The largest absolute Gasteiger partial charge is 0.380 e. The maximum absolute atomic E-state index is 13.8. The zero-order valence-corrected chi connectivity index (χ0v) is 20.7. The van der Waals surface area contributed by atoms with Gasteiger partial charge in [-0.2, -0.15) is 4.98 Å². The first-order valence-electron chi connectivity index (χ1n) is 12.3. The number of rotatable bonds is 10. The second kappa shape index (κ2) is 11.0. The van der Waals surface area contributed by atoms with Gasteiger partial charge in [-0.3, -0.25) is 18.7 Å². The number of Topliss-reactive ketones (excluding diaryl/α,β-unsaturated/α-hetero) is 1. The van der Waals surface area contributed by atoms with Crippen molar-refractivity contribution in [2.24, 2.45) is 0 Å². The van der Waals surface area contributed by atoms with E-state index in [1.54, 1.807) is 24.3 Å². The van der Waals surface area contributed by atoms with Crippen LogP contribution in [0.1, 0.15) is 43.6 Å². The van der Waals surface area contributed by atoms with Crippen molar-refractivity contribution in [3.63, 3.8) is 0 Å². The maximum atomic E-state index is 13.8. The van der Waals surface area contributed by atoms with Crippen LogP contribution in [0.4, 0.5) is 5.95 Å². The van der Waals surface area contributed by atoms with Crippen molar-refractivity contribution in [2.45, 2.75) is 46.3 Å². The highest BCUT2D eigenvalue weighted by atomic mass is 16.5. The molecule has 1 fully saturated rings. The van der Waals surface area contributed by atoms with Gasteiger partial charge < -0.3 is 19.5 Å². The number of piperazine rings is 1. The summed E-state index contributed by atoms with van der Waals surface area (Å²) in [5.74, 6) is 0.391. The SMILES string of the molecule is CCOCCn1c(=O)n(CC(=O)c2ccccc2)c(=O)c2c1nc(N1CCNCC1)n2C(C)CC. The lowest BCUT2D eigenvalue weighted by molar-refractivity contribution is 0.0968. The molecule has 1 aliphatic heterocycles. The van der Waals surface area contributed by atoms with Crippen molar-refractivity contribution < 1.29 is 9.53 Å². The first-order valence-corrected chi connectivity index (χ1v) is 12.3. The minimum Gasteiger partial charge on any atom is -0.380 e. The Morgan fingerprint density at radius 1 is 1.11 bits per heavy atom. The van der Waals surface area contributed by atoms with Gasteiger partial charge in [0.1, 0.15) is 0 Å². The molecule has 0 spiro atoms. The summed E-state index contributed by atoms with van der Waals surface area (Å²) >= 11 is 0. The van der Waals surface area contributed by atoms with E-state index in [9.17, 15) is 14.4 Å². The van der Waals surface area contributed by atoms with Crippen molar-refractivity contribution in [3.8, 4) is 0 Å². The van der Waals surface area contributed by atoms with Crippen LogP contribution in [0, 0.1) is 0 Å². The number of hydrogen-bond acceptors (Lipinski definition) is 7. The van der Waals surface area contributed by atoms with Crippen LogP contribution in [0.15, 0.2) is 39.9 Å². The van der Waals surface area contributed by atoms with E-state index < -0.39 is 11.2 Å². The second-order valence-electron chi connectivity index (χ2n) is 8.76. The zero-order chi connectivity index (χ0) is 24.9. The summed E-state index contributed by atoms with van der Waals surface area (Å²) in [7, 11) is 0. The van der Waals surface area contributed by atoms with Crippen molar-refractivity contribution >= 4 is 22.9 Å². The number of anilines is 1. The first kappa shape index (κ1) is 24.9. The van der Waals surface area contributed by atoms with E-state index in [4.69, 9.17) is 9.72 Å². The summed E-state index contributed by atoms with van der Waals surface area (Å²) < 4.78 is 9.99. The molecule has 10 nitrogen and oxygen atoms in total. The molecule has 35 heavy (non-hydrogen) atoms. The molecule has 3 aromatic rings. The average molecular weight is 483 g/mol. The van der Waals surface area contributed by atoms with Crippen molar-refractivity contribution in [1.29, 1.82) is 0 Å². The Bertz CT molecular complexity index is 1290. The highest BCUT2D eigenvalue weighted by molar-refractivity contribution is 5.95. The van der Waals surface area contributed by atoms with Gasteiger partial charge in [0.15, 0.2) is 16.9 Å². The third kappa shape index (κ3) is 4.94. The standard InChI is InChI=1S/C25H34N6O4/c1-4-18(3)31-21-22(27-24(31)28-13-11-26-12-14-28)29(15-16-35-5-2)25(34)30(23(21)33)17-20(32)19-9-7-6-8-10-19/h6-10,18,26H,4-5,11-17H2,1-3H3. The molecule has 188 valence electrons. The van der Waals surface area contributed by atoms with Gasteiger partial charge in [-0.05, 0) is 20.3 Å². The maximum Gasteiger partial charge on any atom is 0.333 e. The molecular formula is C25H34N6O4. The Balaban J connectivity index is 1.93. The highest BCUT2D eigenvalue weighted by Gasteiger charge is 2.27. The van der Waals surface area contributed by atoms with E-state index in [0.29, 0.717) is 35.9 Å². The molecule has 0 bridgehead atoms. The van der Waals surface area contributed by atoms with Crippen molar-refractivity contribution in [1.82, 2.24) is 24.0 Å². The molecule has 10 heteroatoms. The predicted octanol–water partition coefficient (Wildman–Crippen LogP) is 1.66. The van der Waals surface area contributed by atoms with Crippen LogP contribution in [-0.2, 0) is 17.8 Å². The van der Waals surface area contributed by atoms with Crippen LogP contribution in [0.5, 0.6) is 0 Å². The number of imidazole rings is 1. The number of hydrogen-bond donors (Lipinski definition) is 1. The number of ketones is 1. The summed E-state index contributed by atoms with van der Waals surface area (Å²) in [5.41, 5.74) is 0.113. The fourth-order valence-corrected chi connectivity index (χ4v) is 4.44. The molecular weight excluding hydrogens is 448 g/mol. The second-order valence-corrected chi connectivity index (χ2v) is 8.76. The van der Waals surface area contributed by atoms with E-state index in [1.165, 1.54) is 4.57 Å². The third-order valence-corrected chi connectivity index (χ3v) is 6.53. The lowest BCUT2D eigenvalue weighted by Gasteiger charge is -2.30. The normalized spacial score (nSPS) is 15.0. The summed E-state index contributed by atoms with van der Waals surface area (Å²) in [6.07, 6.45) is 0.783. The van der Waals surface area contributed by atoms with E-state index in [1.807, 2.05) is 24.5 Å². The predicted molar refractivity (Wildman–Crippen MR) is 136 cm³/mol. The van der Waals surface area contributed by atoms with Gasteiger partial charge in [-0.25, -0.2) is 4.79 Å². The Hall–Kier alpha value is -3.24. The molecule has 1 aliphatic rings. The number of carbonyl (C=O) groups is 1. The molecule has 1 atom stereocenters. The van der Waals surface area contributed by atoms with Crippen LogP contribution >= 0.6 is 0 Å². The molecule has 1 aromatic carbocycles. The summed E-state index contributed by atoms with van der Waals surface area (Å²) in [5, 5.41) is 3.34. The molecule has 0 radical (unpaired) electrons. The molecule has 3 heterocycles. The zero-order valence-electron chi connectivity index (χ0n) is 20.7. The van der Waals surface area contributed by atoms with Crippen molar-refractivity contribution in [2.75, 3.05) is 44.3 Å². The molecule has 0 saturated carbocycles. The van der Waals surface area contributed by atoms with Crippen LogP contribution in [0.2, 0.25) is 0 Å². The Kier molecular flexibility index (Phi) is 7.82. The van der Waals surface area contributed by atoms with Gasteiger partial charge in [-0.1, -0.05) is 37.3 Å². The van der Waals surface area contributed by atoms with Crippen molar-refractivity contribution in [3.05, 3.63) is 56.7 Å². The topological polar surface area (TPSA) is 103 Å². The molecule has 2 aromatic heterocycles. The number of nitrogens with zero attached hydrogens (tertiary/aromatic N) is 5. The quantitative estimate of drug-likeness (QED) is 0.346. The van der Waals surface area contributed by atoms with E-state index in [-0.39, 0.29) is 24.9 Å². The highest BCUT2D eigenvalue weighted by Crippen LogP contribution is 2.26. The monoisotopic (exact) mass is 482 g/mol. The number of nitrogens with one attached hydrogen (secondary N) is 1. The number of ether oxygens (including phenoxy) is 1. The van der Waals surface area contributed by atoms with Crippen LogP contribution in [0.25, 0.3) is 11.2 Å². The third-order valence-electron chi connectivity index (χ3n) is 6.53. The van der Waals surface area contributed by atoms with Crippen LogP contribution in [0.3, 0.4) is 0 Å². The molecule has 1 saturated heterocycles. The van der Waals surface area contributed by atoms with E-state index in [2.05, 4.69) is 17.1 Å². The van der Waals surface area contributed by atoms with E-state index in [0.717, 1.165) is 37.2 Å². The fourth-order valence-electron chi connectivity index (χ4n) is 4.44. The molecule has 0 aliphatic carbocycles. The van der Waals surface area contributed by atoms with Gasteiger partial charge in [0.2, 0.25) is 5.95 Å². The molecule has 1 N–H and O–H groups in total. The van der Waals surface area contributed by atoms with Gasteiger partial charge in [0.25, 0.3) is 5.56 Å². The van der Waals surface area contributed by atoms with E-state index >= 15 is 0 Å². The Labute approximate surface area is 204 Å². The number of aromatic nitrogens is 4. The Morgan fingerprint density at radius 3 is 2.49 bits per heavy atom.